The van der Waals surface area contributed by atoms with Crippen LogP contribution in [-0.4, -0.2) is 58.2 Å². The van der Waals surface area contributed by atoms with Gasteiger partial charge in [0, 0.05) is 49.1 Å². The van der Waals surface area contributed by atoms with Crippen LogP contribution in [0.15, 0.2) is 72.9 Å². The molecule has 0 radical (unpaired) electrons. The first-order valence-electron chi connectivity index (χ1n) is 15.0. The molecule has 240 valence electrons. The number of esters is 1. The van der Waals surface area contributed by atoms with E-state index in [4.69, 9.17) is 9.26 Å². The Morgan fingerprint density at radius 3 is 2.57 bits per heavy atom. The van der Waals surface area contributed by atoms with Crippen LogP contribution in [0.3, 0.4) is 0 Å². The van der Waals surface area contributed by atoms with Gasteiger partial charge in [0.15, 0.2) is 5.75 Å². The van der Waals surface area contributed by atoms with Crippen LogP contribution >= 0.6 is 7.37 Å². The van der Waals surface area contributed by atoms with Gasteiger partial charge in [-0.2, -0.15) is 0 Å². The lowest BCUT2D eigenvalue weighted by Gasteiger charge is -2.22. The lowest BCUT2D eigenvalue weighted by molar-refractivity contribution is -0.146. The average Bonchev–Trinajstić information content (AvgIpc) is 3.36. The number of rotatable bonds is 13. The monoisotopic (exact) mass is 647 g/mol. The zero-order valence-corrected chi connectivity index (χ0v) is 26.5. The number of hydrogen-bond acceptors (Lipinski definition) is 8. The minimum atomic E-state index is -3.39. The third kappa shape index (κ3) is 7.21. The first kappa shape index (κ1) is 32.6. The van der Waals surface area contributed by atoms with Crippen molar-refractivity contribution in [2.75, 3.05) is 25.5 Å². The molecule has 1 aliphatic heterocycles. The molecular weight excluding hydrogens is 612 g/mol. The fourth-order valence-electron chi connectivity index (χ4n) is 5.59. The first-order valence-corrected chi connectivity index (χ1v) is 17.0. The van der Waals surface area contributed by atoms with Crippen LogP contribution < -0.4 is 9.84 Å². The Bertz CT molecular complexity index is 1800. The molecule has 0 saturated carbocycles. The summed E-state index contributed by atoms with van der Waals surface area (Å²) in [5.74, 6) is -2.35. The third-order valence-electron chi connectivity index (χ3n) is 7.72. The Kier molecular flexibility index (Phi) is 10.0. The van der Waals surface area contributed by atoms with Crippen LogP contribution in [0.5, 0.6) is 11.5 Å². The van der Waals surface area contributed by atoms with Gasteiger partial charge in [-0.3, -0.25) is 23.9 Å². The quantitative estimate of drug-likeness (QED) is 0.104. The number of aromatic hydroxyl groups is 1. The highest BCUT2D eigenvalue weighted by Gasteiger charge is 2.37. The summed E-state index contributed by atoms with van der Waals surface area (Å²) in [5, 5.41) is 14.3. The Hall–Kier alpha value is -4.76. The average molecular weight is 648 g/mol. The van der Waals surface area contributed by atoms with Crippen molar-refractivity contribution in [1.82, 2.24) is 15.2 Å². The number of halogens is 1. The Morgan fingerprint density at radius 2 is 1.85 bits per heavy atom. The molecule has 12 heteroatoms. The summed E-state index contributed by atoms with van der Waals surface area (Å²) >= 11 is 0. The number of benzene rings is 3. The van der Waals surface area contributed by atoms with E-state index < -0.39 is 36.9 Å². The second-order valence-corrected chi connectivity index (χ2v) is 13.8. The standard InChI is InChI=1S/C34H35FN3O7P/c1-3-44-34(42)22(2)21-46(43,45-25-9-5-4-6-10-25)18-8-17-37-32(40)28-26-11-7-16-36-30(26)31(39)29-27(28)20-38(33(29)41)19-23-12-14-24(35)15-13-23/h4-7,9-16,22,39H,3,8,17-21H2,1-2H3,(H,37,40)/t22-,46?/m1/s1. The normalized spacial score (nSPS) is 14.4. The van der Waals surface area contributed by atoms with Gasteiger partial charge >= 0.3 is 5.97 Å². The van der Waals surface area contributed by atoms with Gasteiger partial charge in [0.2, 0.25) is 7.37 Å². The summed E-state index contributed by atoms with van der Waals surface area (Å²) in [5.41, 5.74) is 1.40. The summed E-state index contributed by atoms with van der Waals surface area (Å²) < 4.78 is 38.5. The molecule has 0 fully saturated rings. The molecule has 0 aliphatic carbocycles. The molecule has 1 aliphatic rings. The first-order chi connectivity index (χ1) is 22.1. The van der Waals surface area contributed by atoms with Crippen molar-refractivity contribution in [1.29, 1.82) is 0 Å². The lowest BCUT2D eigenvalue weighted by atomic mass is 9.96. The maximum Gasteiger partial charge on any atom is 0.309 e. The second kappa shape index (κ2) is 14.1. The fourth-order valence-corrected chi connectivity index (χ4v) is 8.06. The van der Waals surface area contributed by atoms with Gasteiger partial charge in [-0.1, -0.05) is 43.3 Å². The van der Waals surface area contributed by atoms with Crippen molar-refractivity contribution in [2.24, 2.45) is 5.92 Å². The van der Waals surface area contributed by atoms with E-state index in [0.717, 1.165) is 0 Å². The number of amides is 2. The largest absolute Gasteiger partial charge is 0.505 e. The molecule has 1 unspecified atom stereocenters. The fraction of sp³-hybridized carbons (Fsp3) is 0.294. The molecule has 2 heterocycles. The number of carbonyl (C=O) groups is 3. The van der Waals surface area contributed by atoms with Crippen LogP contribution in [0, 0.1) is 11.7 Å². The number of nitrogens with zero attached hydrogens (tertiary/aromatic N) is 2. The molecule has 2 atom stereocenters. The molecule has 46 heavy (non-hydrogen) atoms. The molecule has 4 aromatic rings. The number of nitrogens with one attached hydrogen (secondary N) is 1. The van der Waals surface area contributed by atoms with Crippen molar-refractivity contribution < 1.29 is 37.7 Å². The van der Waals surface area contributed by atoms with Crippen LogP contribution in [-0.2, 0) is 27.2 Å². The van der Waals surface area contributed by atoms with Crippen molar-refractivity contribution in [3.8, 4) is 11.5 Å². The van der Waals surface area contributed by atoms with E-state index in [9.17, 15) is 28.4 Å². The number of pyridine rings is 1. The van der Waals surface area contributed by atoms with Crippen LogP contribution in [0.4, 0.5) is 4.39 Å². The number of aromatic nitrogens is 1. The Labute approximate surface area is 266 Å². The maximum absolute atomic E-state index is 14.0. The van der Waals surface area contributed by atoms with Crippen LogP contribution in [0.25, 0.3) is 10.9 Å². The van der Waals surface area contributed by atoms with Crippen molar-refractivity contribution >= 4 is 36.1 Å². The SMILES string of the molecule is CCOC(=O)[C@H](C)CP(=O)(CCCNC(=O)c1c2c(c(O)c3ncccc13)C(=O)N(Cc1ccc(F)cc1)C2)Oc1ccccc1. The molecule has 0 saturated heterocycles. The van der Waals surface area contributed by atoms with Gasteiger partial charge < -0.3 is 24.6 Å². The minimum absolute atomic E-state index is 0.00665. The van der Waals surface area contributed by atoms with E-state index >= 15 is 0 Å². The van der Waals surface area contributed by atoms with E-state index in [2.05, 4.69) is 10.3 Å². The molecule has 5 rings (SSSR count). The number of phenols is 1. The molecule has 0 bridgehead atoms. The van der Waals surface area contributed by atoms with Gasteiger partial charge in [-0.25, -0.2) is 4.39 Å². The number of phenolic OH excluding ortho intramolecular Hbond substituents is 1. The number of hydrogen-bond donors (Lipinski definition) is 2. The number of carbonyl (C=O) groups excluding carboxylic acids is 3. The van der Waals surface area contributed by atoms with Gasteiger partial charge in [-0.15, -0.1) is 0 Å². The topological polar surface area (TPSA) is 135 Å². The summed E-state index contributed by atoms with van der Waals surface area (Å²) in [6.07, 6.45) is 1.80. The molecule has 0 spiro atoms. The van der Waals surface area contributed by atoms with Gasteiger partial charge in [-0.05, 0) is 49.2 Å². The highest BCUT2D eigenvalue weighted by Crippen LogP contribution is 2.49. The van der Waals surface area contributed by atoms with E-state index in [1.54, 1.807) is 62.4 Å². The van der Waals surface area contributed by atoms with Gasteiger partial charge in [0.25, 0.3) is 11.8 Å². The van der Waals surface area contributed by atoms with E-state index in [1.807, 2.05) is 6.07 Å². The molecule has 2 amide bonds. The molecule has 3 aromatic carbocycles. The zero-order valence-electron chi connectivity index (χ0n) is 25.6. The molecule has 1 aromatic heterocycles. The second-order valence-electron chi connectivity index (χ2n) is 11.2. The maximum atomic E-state index is 14.0. The summed E-state index contributed by atoms with van der Waals surface area (Å²) in [6, 6.07) is 17.8. The van der Waals surface area contributed by atoms with Crippen molar-refractivity contribution in [3.63, 3.8) is 0 Å². The minimum Gasteiger partial charge on any atom is -0.505 e. The third-order valence-corrected chi connectivity index (χ3v) is 10.4. The summed E-state index contributed by atoms with van der Waals surface area (Å²) in [4.78, 5) is 45.2. The molecule has 2 N–H and O–H groups in total. The summed E-state index contributed by atoms with van der Waals surface area (Å²) in [7, 11) is -3.39. The number of para-hydroxylation sites is 1. The van der Waals surface area contributed by atoms with Crippen LogP contribution in [0.2, 0.25) is 0 Å². The van der Waals surface area contributed by atoms with Gasteiger partial charge in [0.05, 0.1) is 23.7 Å². The highest BCUT2D eigenvalue weighted by molar-refractivity contribution is 7.59. The molecular formula is C34H35FN3O7P. The van der Waals surface area contributed by atoms with E-state index in [1.165, 1.54) is 23.2 Å². The smallest absolute Gasteiger partial charge is 0.309 e. The Balaban J connectivity index is 1.34. The number of ether oxygens (including phenoxy) is 1. The highest BCUT2D eigenvalue weighted by atomic mass is 31.2. The molecule has 10 nitrogen and oxygen atoms in total. The zero-order chi connectivity index (χ0) is 32.8. The predicted octanol–water partition coefficient (Wildman–Crippen LogP) is 5.91. The van der Waals surface area contributed by atoms with Crippen LogP contribution in [0.1, 0.15) is 52.1 Å². The predicted molar refractivity (Wildman–Crippen MR) is 171 cm³/mol. The summed E-state index contributed by atoms with van der Waals surface area (Å²) in [6.45, 7) is 3.89. The van der Waals surface area contributed by atoms with Gasteiger partial charge in [0.1, 0.15) is 17.1 Å². The van der Waals surface area contributed by atoms with Crippen molar-refractivity contribution in [2.45, 2.75) is 33.4 Å². The number of fused-ring (bicyclic) bond motifs is 2. The lowest BCUT2D eigenvalue weighted by Crippen LogP contribution is -2.27. The van der Waals surface area contributed by atoms with E-state index in [0.29, 0.717) is 22.3 Å². The Morgan fingerprint density at radius 1 is 1.11 bits per heavy atom. The van der Waals surface area contributed by atoms with Crippen molar-refractivity contribution in [3.05, 3.63) is 101 Å². The van der Waals surface area contributed by atoms with E-state index in [-0.39, 0.29) is 67.4 Å².